The lowest BCUT2D eigenvalue weighted by molar-refractivity contribution is -0.139. The fourth-order valence-electron chi connectivity index (χ4n) is 8.08. The number of carboxylic acids is 1. The highest BCUT2D eigenvalue weighted by atomic mass is 16.4. The van der Waals surface area contributed by atoms with Crippen LogP contribution in [0, 0.1) is 19.8 Å². The standard InChI is InChI=1S/C45H61N3O2/c1-11-13-26-47-37-22-18-31(5)28-35(37)44(7,8)39(47)24-20-33-16-15-17-34(42(33)46-41(30(3)4)43(49)50)21-25-40-45(9,10)36-29-32(6)19-23-38(36)48(40)27-14-12-2/h18-25,28-30,41H,11-17,26-27H2,1-10H3,(H,49,50)/b33-20+,34-21?,39-24-,40-25?,46-42?. The van der Waals surface area contributed by atoms with Gasteiger partial charge in [0.15, 0.2) is 0 Å². The predicted molar refractivity (Wildman–Crippen MR) is 213 cm³/mol. The molecule has 0 bridgehead atoms. The van der Waals surface area contributed by atoms with Crippen LogP contribution < -0.4 is 9.80 Å². The number of unbranched alkanes of at least 4 members (excludes halogenated alkanes) is 2. The highest BCUT2D eigenvalue weighted by molar-refractivity contribution is 6.14. The first kappa shape index (κ1) is 37.4. The number of aliphatic imine (C=N–C) groups is 1. The van der Waals surface area contributed by atoms with Gasteiger partial charge in [-0.05, 0) is 98.4 Å². The van der Waals surface area contributed by atoms with E-state index in [1.165, 1.54) is 45.0 Å². The van der Waals surface area contributed by atoms with Gasteiger partial charge in [0.1, 0.15) is 6.04 Å². The number of nitrogens with zero attached hydrogens (tertiary/aromatic N) is 3. The summed E-state index contributed by atoms with van der Waals surface area (Å²) in [6, 6.07) is 12.9. The number of aryl methyl sites for hydroxylation is 2. The molecule has 2 aliphatic heterocycles. The van der Waals surface area contributed by atoms with Gasteiger partial charge in [0.2, 0.25) is 0 Å². The second kappa shape index (κ2) is 15.2. The summed E-state index contributed by atoms with van der Waals surface area (Å²) >= 11 is 0. The van der Waals surface area contributed by atoms with E-state index in [4.69, 9.17) is 4.99 Å². The molecular formula is C45H61N3O2. The fourth-order valence-corrected chi connectivity index (χ4v) is 8.08. The molecule has 0 amide bonds. The molecule has 5 rings (SSSR count). The second-order valence-corrected chi connectivity index (χ2v) is 16.1. The minimum Gasteiger partial charge on any atom is -0.480 e. The molecule has 1 fully saturated rings. The van der Waals surface area contributed by atoms with E-state index in [1.807, 2.05) is 13.8 Å². The van der Waals surface area contributed by atoms with Crippen LogP contribution in [0.2, 0.25) is 0 Å². The van der Waals surface area contributed by atoms with Gasteiger partial charge >= 0.3 is 5.97 Å². The van der Waals surface area contributed by atoms with Crippen LogP contribution in [0.5, 0.6) is 0 Å². The molecule has 0 aromatic heterocycles. The van der Waals surface area contributed by atoms with Crippen molar-refractivity contribution < 1.29 is 9.90 Å². The van der Waals surface area contributed by atoms with E-state index in [9.17, 15) is 9.90 Å². The summed E-state index contributed by atoms with van der Waals surface area (Å²) in [4.78, 5) is 22.7. The summed E-state index contributed by atoms with van der Waals surface area (Å²) in [5, 5.41) is 10.3. The first-order chi connectivity index (χ1) is 23.7. The van der Waals surface area contributed by atoms with E-state index >= 15 is 0 Å². The Balaban J connectivity index is 1.63. The van der Waals surface area contributed by atoms with E-state index in [-0.39, 0.29) is 16.7 Å². The third kappa shape index (κ3) is 7.29. The molecule has 3 aliphatic rings. The van der Waals surface area contributed by atoms with Crippen LogP contribution in [-0.2, 0) is 15.6 Å². The number of anilines is 2. The summed E-state index contributed by atoms with van der Waals surface area (Å²) in [6.45, 7) is 24.1. The molecule has 1 atom stereocenters. The summed E-state index contributed by atoms with van der Waals surface area (Å²) < 4.78 is 0. The molecular weight excluding hydrogens is 615 g/mol. The molecule has 2 aromatic rings. The number of carbonyl (C=O) groups is 1. The average Bonchev–Trinajstić information content (AvgIpc) is 3.40. The number of rotatable bonds is 11. The highest BCUT2D eigenvalue weighted by Crippen LogP contribution is 2.49. The zero-order valence-electron chi connectivity index (χ0n) is 32.5. The van der Waals surface area contributed by atoms with Crippen molar-refractivity contribution in [2.24, 2.45) is 10.9 Å². The van der Waals surface area contributed by atoms with Crippen LogP contribution in [0.15, 0.2) is 88.2 Å². The lowest BCUT2D eigenvalue weighted by Crippen LogP contribution is -2.28. The number of hydrogen-bond donors (Lipinski definition) is 1. The molecule has 1 aliphatic carbocycles. The number of benzene rings is 2. The lowest BCUT2D eigenvalue weighted by Gasteiger charge is -2.28. The number of hydrogen-bond acceptors (Lipinski definition) is 4. The molecule has 0 spiro atoms. The highest BCUT2D eigenvalue weighted by Gasteiger charge is 2.41. The number of fused-ring (bicyclic) bond motifs is 2. The summed E-state index contributed by atoms with van der Waals surface area (Å²) in [7, 11) is 0. The largest absolute Gasteiger partial charge is 0.480 e. The van der Waals surface area contributed by atoms with Gasteiger partial charge in [-0.1, -0.05) is 116 Å². The molecule has 0 radical (unpaired) electrons. The summed E-state index contributed by atoms with van der Waals surface area (Å²) in [5.41, 5.74) is 13.3. The quantitative estimate of drug-likeness (QED) is 0.258. The Morgan fingerprint density at radius 2 is 1.22 bits per heavy atom. The number of aliphatic carboxylic acids is 1. The Hall–Kier alpha value is -3.86. The van der Waals surface area contributed by atoms with Gasteiger partial charge in [0.25, 0.3) is 0 Å². The van der Waals surface area contributed by atoms with Crippen LogP contribution in [-0.4, -0.2) is 35.9 Å². The van der Waals surface area contributed by atoms with Gasteiger partial charge in [0, 0.05) is 46.7 Å². The van der Waals surface area contributed by atoms with Crippen LogP contribution in [0.1, 0.15) is 123 Å². The molecule has 5 heteroatoms. The zero-order chi connectivity index (χ0) is 36.4. The maximum atomic E-state index is 12.5. The van der Waals surface area contributed by atoms with E-state index in [1.54, 1.807) is 0 Å². The first-order valence-electron chi connectivity index (χ1n) is 19.1. The van der Waals surface area contributed by atoms with E-state index in [0.717, 1.165) is 74.9 Å². The van der Waals surface area contributed by atoms with Crippen LogP contribution in [0.3, 0.4) is 0 Å². The molecule has 5 nitrogen and oxygen atoms in total. The van der Waals surface area contributed by atoms with Gasteiger partial charge in [0.05, 0.1) is 5.71 Å². The van der Waals surface area contributed by atoms with Crippen LogP contribution in [0.4, 0.5) is 11.4 Å². The van der Waals surface area contributed by atoms with Crippen molar-refractivity contribution in [1.29, 1.82) is 0 Å². The minimum absolute atomic E-state index is 0.117. The Bertz CT molecular complexity index is 1640. The Morgan fingerprint density at radius 1 is 0.780 bits per heavy atom. The van der Waals surface area contributed by atoms with Crippen molar-refractivity contribution >= 4 is 23.1 Å². The third-order valence-corrected chi connectivity index (χ3v) is 11.1. The van der Waals surface area contributed by atoms with Crippen LogP contribution in [0.25, 0.3) is 0 Å². The molecule has 1 N–H and O–H groups in total. The van der Waals surface area contributed by atoms with Gasteiger partial charge < -0.3 is 14.9 Å². The molecule has 268 valence electrons. The zero-order valence-corrected chi connectivity index (χ0v) is 32.5. The summed E-state index contributed by atoms with van der Waals surface area (Å²) in [5.74, 6) is -0.983. The molecule has 2 heterocycles. The van der Waals surface area contributed by atoms with E-state index in [0.29, 0.717) is 0 Å². The van der Waals surface area contributed by atoms with E-state index in [2.05, 4.69) is 126 Å². The second-order valence-electron chi connectivity index (χ2n) is 16.1. The molecule has 1 unspecified atom stereocenters. The van der Waals surface area contributed by atoms with Gasteiger partial charge in [-0.15, -0.1) is 0 Å². The molecule has 0 saturated heterocycles. The van der Waals surface area contributed by atoms with Gasteiger partial charge in [-0.3, -0.25) is 4.99 Å². The minimum atomic E-state index is -0.865. The third-order valence-electron chi connectivity index (χ3n) is 11.1. The lowest BCUT2D eigenvalue weighted by atomic mass is 9.82. The van der Waals surface area contributed by atoms with E-state index < -0.39 is 12.0 Å². The SMILES string of the molecule is CCCCN1C(=CC=C2CCC/C(=C\C=C3/N(CCCC)c4ccc(C)cc4C3(C)C)C2=NC(C(=O)O)C(C)C)C(C)(C)c2cc(C)ccc21. The topological polar surface area (TPSA) is 56.1 Å². The fraction of sp³-hybridized carbons (Fsp3) is 0.511. The van der Waals surface area contributed by atoms with Crippen molar-refractivity contribution in [2.75, 3.05) is 22.9 Å². The summed E-state index contributed by atoms with van der Waals surface area (Å²) in [6.07, 6.45) is 16.4. The normalized spacial score (nSPS) is 22.7. The first-order valence-corrected chi connectivity index (χ1v) is 19.1. The Kier molecular flexibility index (Phi) is 11.3. The smallest absolute Gasteiger partial charge is 0.328 e. The number of carboxylic acid groups (broad SMARTS) is 1. The molecule has 1 saturated carbocycles. The number of allylic oxidation sites excluding steroid dienone is 8. The van der Waals surface area contributed by atoms with Gasteiger partial charge in [-0.25, -0.2) is 4.79 Å². The average molecular weight is 676 g/mol. The van der Waals surface area contributed by atoms with Crippen molar-refractivity contribution in [2.45, 2.75) is 131 Å². The maximum absolute atomic E-state index is 12.5. The van der Waals surface area contributed by atoms with Crippen molar-refractivity contribution in [3.8, 4) is 0 Å². The van der Waals surface area contributed by atoms with Crippen molar-refractivity contribution in [3.05, 3.63) is 105 Å². The Morgan fingerprint density at radius 3 is 1.60 bits per heavy atom. The molecule has 2 aromatic carbocycles. The monoisotopic (exact) mass is 675 g/mol. The molecule has 50 heavy (non-hydrogen) atoms. The maximum Gasteiger partial charge on any atom is 0.328 e. The van der Waals surface area contributed by atoms with Crippen molar-refractivity contribution in [1.82, 2.24) is 0 Å². The Labute approximate surface area is 302 Å². The van der Waals surface area contributed by atoms with Crippen molar-refractivity contribution in [3.63, 3.8) is 0 Å². The van der Waals surface area contributed by atoms with Gasteiger partial charge in [-0.2, -0.15) is 0 Å². The predicted octanol–water partition coefficient (Wildman–Crippen LogP) is 11.2. The van der Waals surface area contributed by atoms with Crippen LogP contribution >= 0.6 is 0 Å².